The number of oxime groups is 1. The number of para-hydroxylation sites is 1. The Labute approximate surface area is 160 Å². The number of nitrogens with zero attached hydrogens (tertiary/aromatic N) is 2. The zero-order valence-electron chi connectivity index (χ0n) is 16.2. The summed E-state index contributed by atoms with van der Waals surface area (Å²) >= 11 is 0. The van der Waals surface area contributed by atoms with Crippen molar-refractivity contribution in [3.63, 3.8) is 0 Å². The van der Waals surface area contributed by atoms with Crippen molar-refractivity contribution in [1.82, 2.24) is 4.90 Å². The maximum absolute atomic E-state index is 12.6. The number of rotatable bonds is 6. The van der Waals surface area contributed by atoms with E-state index in [9.17, 15) is 9.59 Å². The molecule has 0 spiro atoms. The summed E-state index contributed by atoms with van der Waals surface area (Å²) in [5, 5.41) is 6.98. The van der Waals surface area contributed by atoms with Crippen molar-refractivity contribution in [2.45, 2.75) is 52.1 Å². The highest BCUT2D eigenvalue weighted by molar-refractivity contribution is 5.94. The van der Waals surface area contributed by atoms with Gasteiger partial charge in [0.2, 0.25) is 12.0 Å². The lowest BCUT2D eigenvalue weighted by Crippen LogP contribution is -2.44. The molecule has 2 amide bonds. The largest absolute Gasteiger partial charge is 0.382 e. The van der Waals surface area contributed by atoms with Gasteiger partial charge in [-0.25, -0.2) is 0 Å². The lowest BCUT2D eigenvalue weighted by Gasteiger charge is -2.33. The lowest BCUT2D eigenvalue weighted by atomic mass is 9.91. The quantitative estimate of drug-likeness (QED) is 0.833. The van der Waals surface area contributed by atoms with Gasteiger partial charge in [-0.15, -0.1) is 0 Å². The molecule has 0 radical (unpaired) electrons. The van der Waals surface area contributed by atoms with Crippen LogP contribution in [0.25, 0.3) is 0 Å². The molecule has 6 nitrogen and oxygen atoms in total. The lowest BCUT2D eigenvalue weighted by molar-refractivity contribution is -0.143. The Morgan fingerprint density at radius 2 is 1.93 bits per heavy atom. The fourth-order valence-electron chi connectivity index (χ4n) is 3.60. The molecule has 0 aromatic heterocycles. The smallest absolute Gasteiger partial charge is 0.266 e. The molecule has 1 N–H and O–H groups in total. The summed E-state index contributed by atoms with van der Waals surface area (Å²) < 4.78 is 0. The number of hydrogen-bond acceptors (Lipinski definition) is 4. The van der Waals surface area contributed by atoms with Crippen LogP contribution >= 0.6 is 0 Å². The summed E-state index contributed by atoms with van der Waals surface area (Å²) in [5.41, 5.74) is 1.80. The summed E-state index contributed by atoms with van der Waals surface area (Å²) in [6.07, 6.45) is 3.42. The molecule has 2 aliphatic rings. The molecular formula is C21H29N3O3. The second kappa shape index (κ2) is 9.02. The SMILES string of the molecule is CC(C)C1=NO[C@H](C(=O)N2CCC(CCC(=O)Nc3ccccc3)CC2)C1. The van der Waals surface area contributed by atoms with Crippen LogP contribution in [-0.4, -0.2) is 41.6 Å². The van der Waals surface area contributed by atoms with Crippen LogP contribution in [0.3, 0.4) is 0 Å². The van der Waals surface area contributed by atoms with E-state index < -0.39 is 6.10 Å². The Kier molecular flexibility index (Phi) is 6.48. The van der Waals surface area contributed by atoms with Crippen LogP contribution < -0.4 is 5.32 Å². The van der Waals surface area contributed by atoms with Gasteiger partial charge in [-0.3, -0.25) is 9.59 Å². The molecule has 6 heteroatoms. The number of amides is 2. The standard InChI is InChI=1S/C21H29N3O3/c1-15(2)18-14-19(27-23-18)21(26)24-12-10-16(11-13-24)8-9-20(25)22-17-6-4-3-5-7-17/h3-7,15-16,19H,8-14H2,1-2H3,(H,22,25)/t19-/m0/s1. The average Bonchev–Trinajstić information content (AvgIpc) is 3.18. The Morgan fingerprint density at radius 1 is 1.22 bits per heavy atom. The fourth-order valence-corrected chi connectivity index (χ4v) is 3.60. The number of benzene rings is 1. The van der Waals surface area contributed by atoms with Crippen LogP contribution in [0, 0.1) is 11.8 Å². The van der Waals surface area contributed by atoms with Gasteiger partial charge in [0.25, 0.3) is 5.91 Å². The van der Waals surface area contributed by atoms with Crippen molar-refractivity contribution < 1.29 is 14.4 Å². The van der Waals surface area contributed by atoms with Gasteiger partial charge in [-0.2, -0.15) is 0 Å². The Balaban J connectivity index is 1.36. The van der Waals surface area contributed by atoms with E-state index in [0.29, 0.717) is 24.7 Å². The normalized spacial score (nSPS) is 20.3. The molecule has 1 atom stereocenters. The van der Waals surface area contributed by atoms with E-state index in [1.54, 1.807) is 0 Å². The minimum Gasteiger partial charge on any atom is -0.382 e. The van der Waals surface area contributed by atoms with Gasteiger partial charge in [0, 0.05) is 31.6 Å². The van der Waals surface area contributed by atoms with Crippen LogP contribution in [0.1, 0.15) is 46.0 Å². The number of piperidine rings is 1. The number of hydrogen-bond donors (Lipinski definition) is 1. The summed E-state index contributed by atoms with van der Waals surface area (Å²) in [6, 6.07) is 9.53. The van der Waals surface area contributed by atoms with Gasteiger partial charge in [0.1, 0.15) is 0 Å². The minimum atomic E-state index is -0.449. The number of likely N-dealkylation sites (tertiary alicyclic amines) is 1. The van der Waals surface area contributed by atoms with Crippen LogP contribution in [0.5, 0.6) is 0 Å². The fraction of sp³-hybridized carbons (Fsp3) is 0.571. The topological polar surface area (TPSA) is 71.0 Å². The van der Waals surface area contributed by atoms with E-state index in [1.807, 2.05) is 35.2 Å². The molecule has 2 aliphatic heterocycles. The van der Waals surface area contributed by atoms with E-state index in [4.69, 9.17) is 4.84 Å². The molecule has 27 heavy (non-hydrogen) atoms. The number of anilines is 1. The molecule has 1 aromatic rings. The Hall–Kier alpha value is -2.37. The predicted octanol–water partition coefficient (Wildman–Crippen LogP) is 3.44. The highest BCUT2D eigenvalue weighted by atomic mass is 16.6. The highest BCUT2D eigenvalue weighted by Crippen LogP contribution is 2.25. The van der Waals surface area contributed by atoms with Crippen molar-refractivity contribution in [1.29, 1.82) is 0 Å². The maximum Gasteiger partial charge on any atom is 0.266 e. The van der Waals surface area contributed by atoms with E-state index >= 15 is 0 Å². The third kappa shape index (κ3) is 5.31. The van der Waals surface area contributed by atoms with Crippen molar-refractivity contribution in [2.75, 3.05) is 18.4 Å². The van der Waals surface area contributed by atoms with Gasteiger partial charge in [0.15, 0.2) is 0 Å². The van der Waals surface area contributed by atoms with Crippen LogP contribution in [0.15, 0.2) is 35.5 Å². The maximum atomic E-state index is 12.6. The molecule has 1 saturated heterocycles. The monoisotopic (exact) mass is 371 g/mol. The van der Waals surface area contributed by atoms with Crippen molar-refractivity contribution >= 4 is 23.2 Å². The summed E-state index contributed by atoms with van der Waals surface area (Å²) in [5.74, 6) is 0.908. The second-order valence-corrected chi connectivity index (χ2v) is 7.76. The zero-order valence-corrected chi connectivity index (χ0v) is 16.2. The third-order valence-electron chi connectivity index (χ3n) is 5.40. The Bertz CT molecular complexity index is 679. The molecule has 146 valence electrons. The third-order valence-corrected chi connectivity index (χ3v) is 5.40. The first-order valence-electron chi connectivity index (χ1n) is 9.89. The molecule has 0 saturated carbocycles. The molecule has 3 rings (SSSR count). The first-order valence-corrected chi connectivity index (χ1v) is 9.89. The van der Waals surface area contributed by atoms with Crippen molar-refractivity contribution in [2.24, 2.45) is 17.0 Å². The van der Waals surface area contributed by atoms with Crippen LogP contribution in [0.4, 0.5) is 5.69 Å². The predicted molar refractivity (Wildman–Crippen MR) is 105 cm³/mol. The van der Waals surface area contributed by atoms with Gasteiger partial charge in [0.05, 0.1) is 5.71 Å². The summed E-state index contributed by atoms with van der Waals surface area (Å²) in [6.45, 7) is 5.60. The molecule has 1 aromatic carbocycles. The van der Waals surface area contributed by atoms with E-state index in [0.717, 1.165) is 43.8 Å². The first-order chi connectivity index (χ1) is 13.0. The van der Waals surface area contributed by atoms with Crippen LogP contribution in [0.2, 0.25) is 0 Å². The molecule has 0 aliphatic carbocycles. The second-order valence-electron chi connectivity index (χ2n) is 7.76. The van der Waals surface area contributed by atoms with Gasteiger partial charge >= 0.3 is 0 Å². The number of carbonyl (C=O) groups excluding carboxylic acids is 2. The first kappa shape index (κ1) is 19.4. The number of nitrogens with one attached hydrogen (secondary N) is 1. The van der Waals surface area contributed by atoms with Crippen LogP contribution in [-0.2, 0) is 14.4 Å². The van der Waals surface area contributed by atoms with E-state index in [2.05, 4.69) is 24.3 Å². The van der Waals surface area contributed by atoms with Gasteiger partial charge in [-0.05, 0) is 43.2 Å². The molecule has 2 heterocycles. The number of carbonyl (C=O) groups is 2. The molecule has 0 unspecified atom stereocenters. The van der Waals surface area contributed by atoms with E-state index in [1.165, 1.54) is 0 Å². The highest BCUT2D eigenvalue weighted by Gasteiger charge is 2.34. The van der Waals surface area contributed by atoms with Gasteiger partial charge < -0.3 is 15.1 Å². The minimum absolute atomic E-state index is 0.0506. The summed E-state index contributed by atoms with van der Waals surface area (Å²) in [7, 11) is 0. The van der Waals surface area contributed by atoms with Gasteiger partial charge in [-0.1, -0.05) is 37.2 Å². The van der Waals surface area contributed by atoms with Crippen molar-refractivity contribution in [3.05, 3.63) is 30.3 Å². The molecular weight excluding hydrogens is 342 g/mol. The van der Waals surface area contributed by atoms with Crippen molar-refractivity contribution in [3.8, 4) is 0 Å². The average molecular weight is 371 g/mol. The Morgan fingerprint density at radius 3 is 2.56 bits per heavy atom. The molecule has 0 bridgehead atoms. The van der Waals surface area contributed by atoms with E-state index in [-0.39, 0.29) is 11.8 Å². The zero-order chi connectivity index (χ0) is 19.2. The summed E-state index contributed by atoms with van der Waals surface area (Å²) in [4.78, 5) is 31.9. The molecule has 1 fully saturated rings.